The van der Waals surface area contributed by atoms with Gasteiger partial charge in [0.2, 0.25) is 5.91 Å². The number of ether oxygens (including phenoxy) is 1. The number of nitrogens with one attached hydrogen (secondary N) is 1. The molecule has 0 fully saturated rings. The van der Waals surface area contributed by atoms with Crippen molar-refractivity contribution in [3.63, 3.8) is 0 Å². The second-order valence-corrected chi connectivity index (χ2v) is 7.01. The maximum atomic E-state index is 12.3. The van der Waals surface area contributed by atoms with Gasteiger partial charge < -0.3 is 20.7 Å². The van der Waals surface area contributed by atoms with E-state index in [1.54, 1.807) is 29.2 Å². The Morgan fingerprint density at radius 1 is 1.10 bits per heavy atom. The zero-order valence-corrected chi connectivity index (χ0v) is 17.2. The Labute approximate surface area is 178 Å². The van der Waals surface area contributed by atoms with Crippen molar-refractivity contribution in [2.24, 2.45) is 10.7 Å². The van der Waals surface area contributed by atoms with E-state index in [9.17, 15) is 18.0 Å². The molecule has 0 bridgehead atoms. The fourth-order valence-corrected chi connectivity index (χ4v) is 3.33. The number of halogens is 3. The molecule has 3 N–H and O–H groups in total. The zero-order valence-electron chi connectivity index (χ0n) is 17.2. The number of amides is 1. The first kappa shape index (κ1) is 22.2. The summed E-state index contributed by atoms with van der Waals surface area (Å²) in [6.45, 7) is 2.55. The van der Waals surface area contributed by atoms with E-state index in [1.807, 2.05) is 19.2 Å². The van der Waals surface area contributed by atoms with Crippen LogP contribution in [0.1, 0.15) is 13.3 Å². The van der Waals surface area contributed by atoms with Gasteiger partial charge >= 0.3 is 6.36 Å². The molecule has 31 heavy (non-hydrogen) atoms. The number of rotatable bonds is 5. The molecule has 1 amide bonds. The number of nitrogens with two attached hydrogens (primary N) is 1. The van der Waals surface area contributed by atoms with Crippen molar-refractivity contribution in [3.8, 4) is 16.9 Å². The first-order valence-electron chi connectivity index (χ1n) is 9.62. The molecular weight excluding hydrogens is 409 g/mol. The summed E-state index contributed by atoms with van der Waals surface area (Å²) >= 11 is 0. The molecule has 0 saturated carbocycles. The van der Waals surface area contributed by atoms with Crippen LogP contribution in [-0.4, -0.2) is 43.1 Å². The highest BCUT2D eigenvalue weighted by molar-refractivity contribution is 6.00. The number of carbonyl (C=O) groups excluding carboxylic acids is 1. The molecule has 0 atom stereocenters. The average Bonchev–Trinajstić information content (AvgIpc) is 2.73. The third kappa shape index (κ3) is 5.78. The Balaban J connectivity index is 1.77. The molecule has 0 aliphatic carbocycles. The van der Waals surface area contributed by atoms with Crippen LogP contribution >= 0.6 is 0 Å². The van der Waals surface area contributed by atoms with Crippen LogP contribution in [0.15, 0.2) is 64.8 Å². The van der Waals surface area contributed by atoms with Crippen molar-refractivity contribution in [1.82, 2.24) is 10.2 Å². The van der Waals surface area contributed by atoms with E-state index in [0.717, 1.165) is 22.4 Å². The highest BCUT2D eigenvalue weighted by Crippen LogP contribution is 2.28. The van der Waals surface area contributed by atoms with E-state index >= 15 is 0 Å². The zero-order chi connectivity index (χ0) is 22.6. The van der Waals surface area contributed by atoms with Crippen molar-refractivity contribution < 1.29 is 22.7 Å². The summed E-state index contributed by atoms with van der Waals surface area (Å²) in [5.41, 5.74) is 10.2. The highest BCUT2D eigenvalue weighted by atomic mass is 19.4. The van der Waals surface area contributed by atoms with Gasteiger partial charge in [0.1, 0.15) is 11.6 Å². The molecule has 164 valence electrons. The molecule has 0 unspecified atom stereocenters. The topological polar surface area (TPSA) is 80.0 Å². The number of hydrogen-bond donors (Lipinski definition) is 2. The van der Waals surface area contributed by atoms with E-state index in [4.69, 9.17) is 5.73 Å². The van der Waals surface area contributed by atoms with Crippen molar-refractivity contribution in [2.75, 3.05) is 20.1 Å². The number of alkyl halides is 3. The third-order valence-electron chi connectivity index (χ3n) is 4.94. The first-order valence-corrected chi connectivity index (χ1v) is 9.62. The predicted molar refractivity (Wildman–Crippen MR) is 113 cm³/mol. The number of hydrogen-bond acceptors (Lipinski definition) is 4. The minimum atomic E-state index is -4.72. The Morgan fingerprint density at radius 3 is 2.19 bits per heavy atom. The minimum absolute atomic E-state index is 0.0172. The van der Waals surface area contributed by atoms with E-state index in [-0.39, 0.29) is 11.7 Å². The van der Waals surface area contributed by atoms with Gasteiger partial charge in [0.25, 0.3) is 0 Å². The van der Waals surface area contributed by atoms with Crippen LogP contribution in [-0.2, 0) is 4.79 Å². The summed E-state index contributed by atoms with van der Waals surface area (Å²) in [6.07, 6.45) is -4.04. The van der Waals surface area contributed by atoms with Crippen LogP contribution in [0.2, 0.25) is 0 Å². The summed E-state index contributed by atoms with van der Waals surface area (Å²) in [6, 6.07) is 12.8. The van der Waals surface area contributed by atoms with Gasteiger partial charge in [-0.1, -0.05) is 24.3 Å². The molecule has 0 saturated heterocycles. The van der Waals surface area contributed by atoms with Gasteiger partial charge in [-0.25, -0.2) is 4.99 Å². The Kier molecular flexibility index (Phi) is 6.53. The molecule has 2 aromatic rings. The Morgan fingerprint density at radius 2 is 1.68 bits per heavy atom. The van der Waals surface area contributed by atoms with Crippen molar-refractivity contribution in [2.45, 2.75) is 19.7 Å². The molecule has 1 heterocycles. The normalized spacial score (nSPS) is 15.1. The minimum Gasteiger partial charge on any atom is -0.406 e. The van der Waals surface area contributed by atoms with Crippen molar-refractivity contribution >= 4 is 17.4 Å². The van der Waals surface area contributed by atoms with Crippen LogP contribution in [0.4, 0.5) is 18.9 Å². The lowest BCUT2D eigenvalue weighted by molar-refractivity contribution is -0.274. The van der Waals surface area contributed by atoms with Gasteiger partial charge in [-0.2, -0.15) is 0 Å². The second kappa shape index (κ2) is 9.11. The van der Waals surface area contributed by atoms with Gasteiger partial charge in [0.15, 0.2) is 0 Å². The fraction of sp³-hybridized carbons (Fsp3) is 0.273. The smallest absolute Gasteiger partial charge is 0.406 e. The quantitative estimate of drug-likeness (QED) is 0.554. The molecule has 9 heteroatoms. The highest BCUT2D eigenvalue weighted by Gasteiger charge is 2.31. The summed E-state index contributed by atoms with van der Waals surface area (Å²) in [4.78, 5) is 17.9. The lowest BCUT2D eigenvalue weighted by atomic mass is 10.0. The lowest BCUT2D eigenvalue weighted by Crippen LogP contribution is -2.40. The second-order valence-electron chi connectivity index (χ2n) is 7.01. The van der Waals surface area contributed by atoms with Crippen LogP contribution in [0.5, 0.6) is 5.75 Å². The van der Waals surface area contributed by atoms with E-state index < -0.39 is 6.36 Å². The van der Waals surface area contributed by atoms with Crippen LogP contribution in [0, 0.1) is 0 Å². The van der Waals surface area contributed by atoms with Gasteiger partial charge in [-0.05, 0) is 35.4 Å². The van der Waals surface area contributed by atoms with Crippen LogP contribution in [0.3, 0.4) is 0 Å². The molecule has 2 aromatic carbocycles. The molecule has 1 aliphatic rings. The number of benzene rings is 2. The molecule has 0 radical (unpaired) electrons. The molecule has 0 aromatic heterocycles. The van der Waals surface area contributed by atoms with Crippen LogP contribution in [0.25, 0.3) is 11.1 Å². The Hall–Kier alpha value is -3.49. The predicted octanol–water partition coefficient (Wildman–Crippen LogP) is 3.97. The number of nitrogens with zero attached hydrogens (tertiary/aromatic N) is 2. The number of aliphatic imine (C=N–C) groups is 1. The van der Waals surface area contributed by atoms with Gasteiger partial charge in [0, 0.05) is 38.2 Å². The van der Waals surface area contributed by atoms with Crippen molar-refractivity contribution in [1.29, 1.82) is 0 Å². The maximum Gasteiger partial charge on any atom is 0.573 e. The average molecular weight is 432 g/mol. The van der Waals surface area contributed by atoms with E-state index in [0.29, 0.717) is 31.0 Å². The van der Waals surface area contributed by atoms with Gasteiger partial charge in [0.05, 0.1) is 12.2 Å². The lowest BCUT2D eigenvalue weighted by Gasteiger charge is -2.29. The van der Waals surface area contributed by atoms with Crippen LogP contribution < -0.4 is 15.8 Å². The van der Waals surface area contributed by atoms with Gasteiger partial charge in [-0.15, -0.1) is 13.2 Å². The first-order chi connectivity index (χ1) is 14.7. The maximum absolute atomic E-state index is 12.3. The molecule has 0 spiro atoms. The summed E-state index contributed by atoms with van der Waals surface area (Å²) < 4.78 is 40.7. The fourth-order valence-electron chi connectivity index (χ4n) is 3.33. The molecule has 6 nitrogen and oxygen atoms in total. The van der Waals surface area contributed by atoms with E-state index in [2.05, 4.69) is 15.0 Å². The largest absolute Gasteiger partial charge is 0.573 e. The summed E-state index contributed by atoms with van der Waals surface area (Å²) in [5.74, 6) is 0.0408. The monoisotopic (exact) mass is 432 g/mol. The SMILES string of the molecule is CNC1=C(C(N)=Nc2ccc(-c3ccc(OC(F)(F)F)cc3)cc2)CN(C(C)=O)CC1. The van der Waals surface area contributed by atoms with Gasteiger partial charge in [-0.3, -0.25) is 4.79 Å². The molecule has 1 aliphatic heterocycles. The van der Waals surface area contributed by atoms with Crippen molar-refractivity contribution in [3.05, 3.63) is 59.8 Å². The standard InChI is InChI=1S/C22H23F3N4O2/c1-14(30)29-12-11-20(27-2)19(13-29)21(26)28-17-7-3-15(4-8-17)16-5-9-18(10-6-16)31-22(23,24)25/h3-10,27H,11-13H2,1-2H3,(H2,26,28). The molecule has 3 rings (SSSR count). The summed E-state index contributed by atoms with van der Waals surface area (Å²) in [5, 5.41) is 3.13. The van der Waals surface area contributed by atoms with E-state index in [1.165, 1.54) is 19.1 Å². The molecular formula is C22H23F3N4O2. The third-order valence-corrected chi connectivity index (χ3v) is 4.94. The number of carbonyl (C=O) groups is 1. The Bertz CT molecular complexity index is 997. The number of amidine groups is 1. The summed E-state index contributed by atoms with van der Waals surface area (Å²) in [7, 11) is 1.81.